The van der Waals surface area contributed by atoms with Crippen molar-refractivity contribution in [2.45, 2.75) is 70.7 Å². The first-order valence-corrected chi connectivity index (χ1v) is 11.9. The van der Waals surface area contributed by atoms with Gasteiger partial charge in [-0.2, -0.15) is 0 Å². The van der Waals surface area contributed by atoms with Gasteiger partial charge >= 0.3 is 11.9 Å². The Labute approximate surface area is 205 Å². The SMILES string of the molecule is COC(=O)CCC(C(N)=O)N1Cc2c(OCCN3CCC[C@@H]3C(=O)OC(C)(C)C)cccc2C1=O. The summed E-state index contributed by atoms with van der Waals surface area (Å²) in [5, 5.41) is 0. The number of methoxy groups -OCH3 is 1. The molecule has 2 aliphatic heterocycles. The maximum Gasteiger partial charge on any atom is 0.323 e. The highest BCUT2D eigenvalue weighted by atomic mass is 16.6. The number of carbonyl (C=O) groups is 4. The molecule has 0 radical (unpaired) electrons. The second-order valence-corrected chi connectivity index (χ2v) is 9.82. The van der Waals surface area contributed by atoms with E-state index in [0.717, 1.165) is 19.4 Å². The zero-order chi connectivity index (χ0) is 25.8. The average molecular weight is 490 g/mol. The van der Waals surface area contributed by atoms with Crippen molar-refractivity contribution in [2.75, 3.05) is 26.8 Å². The molecule has 2 amide bonds. The summed E-state index contributed by atoms with van der Waals surface area (Å²) >= 11 is 0. The highest BCUT2D eigenvalue weighted by Gasteiger charge is 2.38. The summed E-state index contributed by atoms with van der Waals surface area (Å²) in [4.78, 5) is 52.6. The number of esters is 2. The molecule has 0 bridgehead atoms. The van der Waals surface area contributed by atoms with Crippen LogP contribution < -0.4 is 10.5 Å². The van der Waals surface area contributed by atoms with Crippen molar-refractivity contribution in [3.8, 4) is 5.75 Å². The summed E-state index contributed by atoms with van der Waals surface area (Å²) in [7, 11) is 1.26. The number of likely N-dealkylation sites (tertiary alicyclic amines) is 1. The molecule has 1 fully saturated rings. The van der Waals surface area contributed by atoms with E-state index in [-0.39, 0.29) is 37.3 Å². The van der Waals surface area contributed by atoms with Gasteiger partial charge in [-0.15, -0.1) is 0 Å². The van der Waals surface area contributed by atoms with Crippen LogP contribution in [-0.2, 0) is 30.4 Å². The summed E-state index contributed by atoms with van der Waals surface area (Å²) in [6, 6.07) is 3.96. The number of fused-ring (bicyclic) bond motifs is 1. The van der Waals surface area contributed by atoms with Crippen LogP contribution in [0.2, 0.25) is 0 Å². The summed E-state index contributed by atoms with van der Waals surface area (Å²) in [5.74, 6) is -1.16. The van der Waals surface area contributed by atoms with Crippen molar-refractivity contribution in [1.29, 1.82) is 0 Å². The van der Waals surface area contributed by atoms with Crippen molar-refractivity contribution in [1.82, 2.24) is 9.80 Å². The van der Waals surface area contributed by atoms with Gasteiger partial charge in [0.1, 0.15) is 30.0 Å². The van der Waals surface area contributed by atoms with E-state index < -0.39 is 23.5 Å². The van der Waals surface area contributed by atoms with Gasteiger partial charge in [-0.3, -0.25) is 24.1 Å². The number of hydrogen-bond donors (Lipinski definition) is 1. The van der Waals surface area contributed by atoms with Crippen molar-refractivity contribution < 1.29 is 33.4 Å². The van der Waals surface area contributed by atoms with Crippen molar-refractivity contribution in [3.63, 3.8) is 0 Å². The minimum atomic E-state index is -0.930. The molecule has 2 aliphatic rings. The third-order valence-corrected chi connectivity index (χ3v) is 6.19. The molecule has 0 spiro atoms. The van der Waals surface area contributed by atoms with Crippen LogP contribution in [0.1, 0.15) is 62.4 Å². The topological polar surface area (TPSA) is 128 Å². The van der Waals surface area contributed by atoms with Crippen LogP contribution in [-0.4, -0.2) is 78.0 Å². The number of nitrogens with zero attached hydrogens (tertiary/aromatic N) is 2. The highest BCUT2D eigenvalue weighted by Crippen LogP contribution is 2.33. The maximum atomic E-state index is 13.0. The summed E-state index contributed by atoms with van der Waals surface area (Å²) in [5.41, 5.74) is 6.13. The first kappa shape index (κ1) is 26.5. The predicted octanol–water partition coefficient (Wildman–Crippen LogP) is 1.63. The fourth-order valence-electron chi connectivity index (χ4n) is 4.52. The van der Waals surface area contributed by atoms with E-state index >= 15 is 0 Å². The molecule has 0 saturated carbocycles. The first-order valence-electron chi connectivity index (χ1n) is 11.9. The first-order chi connectivity index (χ1) is 16.5. The molecule has 35 heavy (non-hydrogen) atoms. The van der Waals surface area contributed by atoms with E-state index in [4.69, 9.17) is 15.2 Å². The minimum Gasteiger partial charge on any atom is -0.492 e. The average Bonchev–Trinajstić information content (AvgIpc) is 3.38. The molecule has 3 rings (SSSR count). The Bertz CT molecular complexity index is 972. The van der Waals surface area contributed by atoms with E-state index in [1.807, 2.05) is 20.8 Å². The smallest absolute Gasteiger partial charge is 0.323 e. The minimum absolute atomic E-state index is 0.0256. The second kappa shape index (κ2) is 11.1. The molecular formula is C25H35N3O7. The monoisotopic (exact) mass is 489 g/mol. The third-order valence-electron chi connectivity index (χ3n) is 6.19. The van der Waals surface area contributed by atoms with Crippen LogP contribution in [0.25, 0.3) is 0 Å². The Morgan fingerprint density at radius 3 is 2.63 bits per heavy atom. The molecule has 2 atom stereocenters. The molecule has 1 unspecified atom stereocenters. The Kier molecular flexibility index (Phi) is 8.37. The van der Waals surface area contributed by atoms with E-state index in [2.05, 4.69) is 9.64 Å². The standard InChI is InChI=1S/C25H35N3O7/c1-25(2,3)35-24(32)19-8-6-12-27(19)13-14-34-20-9-5-7-16-17(20)15-28(23(16)31)18(22(26)30)10-11-21(29)33-4/h5,7,9,18-19H,6,8,10-15H2,1-4H3,(H2,26,30)/t18?,19-/m1/s1. The van der Waals surface area contributed by atoms with Gasteiger partial charge in [-0.25, -0.2) is 0 Å². The van der Waals surface area contributed by atoms with Gasteiger partial charge in [-0.05, 0) is 58.7 Å². The van der Waals surface area contributed by atoms with Crippen molar-refractivity contribution >= 4 is 23.8 Å². The van der Waals surface area contributed by atoms with E-state index in [1.54, 1.807) is 18.2 Å². The van der Waals surface area contributed by atoms with Crippen LogP contribution in [0.5, 0.6) is 5.75 Å². The lowest BCUT2D eigenvalue weighted by Crippen LogP contribution is -2.45. The molecule has 10 nitrogen and oxygen atoms in total. The largest absolute Gasteiger partial charge is 0.492 e. The molecule has 10 heteroatoms. The second-order valence-electron chi connectivity index (χ2n) is 9.82. The summed E-state index contributed by atoms with van der Waals surface area (Å²) in [6.07, 6.45) is 1.72. The van der Waals surface area contributed by atoms with Crippen LogP contribution in [0.4, 0.5) is 0 Å². The fourth-order valence-corrected chi connectivity index (χ4v) is 4.52. The Hall–Kier alpha value is -3.14. The predicted molar refractivity (Wildman–Crippen MR) is 126 cm³/mol. The number of nitrogens with two attached hydrogens (primary N) is 1. The third kappa shape index (κ3) is 6.50. The number of rotatable bonds is 10. The zero-order valence-corrected chi connectivity index (χ0v) is 20.9. The van der Waals surface area contributed by atoms with Gasteiger partial charge in [0.25, 0.3) is 5.91 Å². The van der Waals surface area contributed by atoms with E-state index in [0.29, 0.717) is 30.0 Å². The molecule has 2 N–H and O–H groups in total. The van der Waals surface area contributed by atoms with E-state index in [1.165, 1.54) is 12.0 Å². The van der Waals surface area contributed by atoms with E-state index in [9.17, 15) is 19.2 Å². The van der Waals surface area contributed by atoms with Gasteiger partial charge in [0.2, 0.25) is 5.91 Å². The van der Waals surface area contributed by atoms with Gasteiger partial charge in [0.15, 0.2) is 0 Å². The van der Waals surface area contributed by atoms with Crippen LogP contribution in [0.15, 0.2) is 18.2 Å². The molecular weight excluding hydrogens is 454 g/mol. The molecule has 0 aliphatic carbocycles. The van der Waals surface area contributed by atoms with Crippen LogP contribution in [0.3, 0.4) is 0 Å². The van der Waals surface area contributed by atoms with Crippen molar-refractivity contribution in [2.24, 2.45) is 5.73 Å². The lowest BCUT2D eigenvalue weighted by atomic mass is 10.1. The molecule has 192 valence electrons. The Balaban J connectivity index is 1.63. The lowest BCUT2D eigenvalue weighted by Gasteiger charge is -2.27. The Morgan fingerprint density at radius 2 is 1.97 bits per heavy atom. The summed E-state index contributed by atoms with van der Waals surface area (Å²) < 4.78 is 16.2. The number of amides is 2. The molecule has 2 heterocycles. The van der Waals surface area contributed by atoms with Crippen LogP contribution in [0, 0.1) is 0 Å². The summed E-state index contributed by atoms with van der Waals surface area (Å²) in [6.45, 7) is 7.36. The maximum absolute atomic E-state index is 13.0. The number of carbonyl (C=O) groups excluding carboxylic acids is 4. The molecule has 0 aromatic heterocycles. The van der Waals surface area contributed by atoms with Gasteiger partial charge < -0.3 is 24.8 Å². The zero-order valence-electron chi connectivity index (χ0n) is 20.9. The lowest BCUT2D eigenvalue weighted by molar-refractivity contribution is -0.160. The molecule has 1 saturated heterocycles. The number of hydrogen-bond acceptors (Lipinski definition) is 8. The number of primary amides is 1. The van der Waals surface area contributed by atoms with Gasteiger partial charge in [-0.1, -0.05) is 6.07 Å². The molecule has 1 aromatic carbocycles. The molecule has 1 aromatic rings. The Morgan fingerprint density at radius 1 is 1.23 bits per heavy atom. The van der Waals surface area contributed by atoms with Crippen LogP contribution >= 0.6 is 0 Å². The quantitative estimate of drug-likeness (QED) is 0.491. The fraction of sp³-hybridized carbons (Fsp3) is 0.600. The number of benzene rings is 1. The number of ether oxygens (including phenoxy) is 3. The normalized spacial score (nSPS) is 18.8. The van der Waals surface area contributed by atoms with Crippen molar-refractivity contribution in [3.05, 3.63) is 29.3 Å². The van der Waals surface area contributed by atoms with Gasteiger partial charge in [0, 0.05) is 24.1 Å². The van der Waals surface area contributed by atoms with Gasteiger partial charge in [0.05, 0.1) is 13.7 Å². The highest BCUT2D eigenvalue weighted by molar-refractivity contribution is 6.01.